The van der Waals surface area contributed by atoms with Gasteiger partial charge in [0.25, 0.3) is 0 Å². The Hall–Kier alpha value is -0.420. The van der Waals surface area contributed by atoms with Gasteiger partial charge in [-0.05, 0) is 32.4 Å². The molecule has 0 saturated carbocycles. The maximum Gasteiger partial charge on any atom is 0.226 e. The van der Waals surface area contributed by atoms with E-state index in [1.54, 1.807) is 6.26 Å². The van der Waals surface area contributed by atoms with Gasteiger partial charge in [-0.1, -0.05) is 6.92 Å². The highest BCUT2D eigenvalue weighted by molar-refractivity contribution is 7.84. The second-order valence-electron chi connectivity index (χ2n) is 4.70. The summed E-state index contributed by atoms with van der Waals surface area (Å²) in [6.45, 7) is 4.51. The molecule has 94 valence electrons. The molecule has 2 N–H and O–H groups in total. The zero-order valence-corrected chi connectivity index (χ0v) is 11.0. The summed E-state index contributed by atoms with van der Waals surface area (Å²) in [5.41, 5.74) is -0.212. The minimum absolute atomic E-state index is 0.149. The van der Waals surface area contributed by atoms with E-state index < -0.39 is 10.8 Å². The topological polar surface area (TPSA) is 58.2 Å². The number of rotatable bonds is 5. The van der Waals surface area contributed by atoms with Crippen molar-refractivity contribution in [2.45, 2.75) is 26.2 Å². The van der Waals surface area contributed by atoms with Crippen LogP contribution in [0.2, 0.25) is 0 Å². The lowest BCUT2D eigenvalue weighted by atomic mass is 9.80. The average molecular weight is 246 g/mol. The predicted octanol–water partition coefficient (Wildman–Crippen LogP) is 0.261. The van der Waals surface area contributed by atoms with Gasteiger partial charge in [-0.25, -0.2) is 0 Å². The molecule has 1 aliphatic heterocycles. The molecule has 1 rings (SSSR count). The van der Waals surface area contributed by atoms with E-state index in [0.717, 1.165) is 32.4 Å². The smallest absolute Gasteiger partial charge is 0.226 e. The highest BCUT2D eigenvalue weighted by Crippen LogP contribution is 2.27. The molecule has 1 saturated heterocycles. The molecular formula is C11H22N2O2S. The number of piperidine rings is 1. The van der Waals surface area contributed by atoms with E-state index in [9.17, 15) is 9.00 Å². The van der Waals surface area contributed by atoms with Gasteiger partial charge >= 0.3 is 0 Å². The molecule has 1 amide bonds. The molecule has 0 spiro atoms. The predicted molar refractivity (Wildman–Crippen MR) is 66.8 cm³/mol. The lowest BCUT2D eigenvalue weighted by molar-refractivity contribution is -0.131. The molecule has 0 aliphatic carbocycles. The Balaban J connectivity index is 2.25. The maximum atomic E-state index is 11.9. The Morgan fingerprint density at radius 3 is 2.62 bits per heavy atom. The fraction of sp³-hybridized carbons (Fsp3) is 0.909. The summed E-state index contributed by atoms with van der Waals surface area (Å²) in [7, 11) is -0.757. The Kier molecular flexibility index (Phi) is 5.41. The van der Waals surface area contributed by atoms with Crippen molar-refractivity contribution < 1.29 is 9.00 Å². The molecule has 1 unspecified atom stereocenters. The van der Waals surface area contributed by atoms with Crippen molar-refractivity contribution >= 4 is 16.7 Å². The number of amides is 1. The SMILES string of the molecule is CS(=O)CCCNC(=O)C1(C)CCNCC1. The van der Waals surface area contributed by atoms with Gasteiger partial charge in [-0.15, -0.1) is 0 Å². The summed E-state index contributed by atoms with van der Waals surface area (Å²) in [5, 5.41) is 6.20. The monoisotopic (exact) mass is 246 g/mol. The first-order valence-corrected chi connectivity index (χ1v) is 7.56. The van der Waals surface area contributed by atoms with Crippen LogP contribution < -0.4 is 10.6 Å². The van der Waals surface area contributed by atoms with Gasteiger partial charge in [-0.2, -0.15) is 0 Å². The van der Waals surface area contributed by atoms with Crippen LogP contribution in [0.4, 0.5) is 0 Å². The first-order valence-electron chi connectivity index (χ1n) is 5.84. The van der Waals surface area contributed by atoms with E-state index >= 15 is 0 Å². The second-order valence-corrected chi connectivity index (χ2v) is 6.25. The molecule has 1 fully saturated rings. The van der Waals surface area contributed by atoms with Crippen molar-refractivity contribution in [3.63, 3.8) is 0 Å². The van der Waals surface area contributed by atoms with Crippen molar-refractivity contribution in [2.75, 3.05) is 31.6 Å². The standard InChI is InChI=1S/C11H22N2O2S/c1-11(4-7-12-8-5-11)10(14)13-6-3-9-16(2)15/h12H,3-9H2,1-2H3,(H,13,14). The largest absolute Gasteiger partial charge is 0.356 e. The van der Waals surface area contributed by atoms with Crippen molar-refractivity contribution in [2.24, 2.45) is 5.41 Å². The van der Waals surface area contributed by atoms with E-state index in [-0.39, 0.29) is 11.3 Å². The van der Waals surface area contributed by atoms with E-state index in [4.69, 9.17) is 0 Å². The molecule has 1 atom stereocenters. The van der Waals surface area contributed by atoms with Crippen molar-refractivity contribution in [3.05, 3.63) is 0 Å². The normalized spacial score (nSPS) is 21.4. The minimum atomic E-state index is -0.757. The Bertz CT molecular complexity index is 263. The second kappa shape index (κ2) is 6.35. The number of hydrogen-bond donors (Lipinski definition) is 2. The van der Waals surface area contributed by atoms with E-state index in [0.29, 0.717) is 12.3 Å². The van der Waals surface area contributed by atoms with Gasteiger partial charge in [0.1, 0.15) is 0 Å². The van der Waals surface area contributed by atoms with Crippen LogP contribution >= 0.6 is 0 Å². The van der Waals surface area contributed by atoms with Crippen LogP contribution in [-0.2, 0) is 15.6 Å². The Morgan fingerprint density at radius 2 is 2.06 bits per heavy atom. The first kappa shape index (κ1) is 13.6. The van der Waals surface area contributed by atoms with Crippen molar-refractivity contribution in [1.82, 2.24) is 10.6 Å². The number of carbonyl (C=O) groups excluding carboxylic acids is 1. The van der Waals surface area contributed by atoms with Crippen LogP contribution in [0, 0.1) is 5.41 Å². The highest BCUT2D eigenvalue weighted by Gasteiger charge is 2.33. The molecule has 0 radical (unpaired) electrons. The Labute approximate surface area is 100 Å². The minimum Gasteiger partial charge on any atom is -0.356 e. The van der Waals surface area contributed by atoms with Gasteiger partial charge in [0, 0.05) is 34.8 Å². The van der Waals surface area contributed by atoms with Gasteiger partial charge in [0.05, 0.1) is 0 Å². The van der Waals surface area contributed by atoms with E-state index in [2.05, 4.69) is 10.6 Å². The molecule has 0 aromatic rings. The van der Waals surface area contributed by atoms with Crippen LogP contribution in [0.3, 0.4) is 0 Å². The van der Waals surface area contributed by atoms with Crippen LogP contribution in [0.25, 0.3) is 0 Å². The van der Waals surface area contributed by atoms with E-state index in [1.807, 2.05) is 6.92 Å². The van der Waals surface area contributed by atoms with Crippen LogP contribution in [0.1, 0.15) is 26.2 Å². The number of nitrogens with one attached hydrogen (secondary N) is 2. The third kappa shape index (κ3) is 4.22. The van der Waals surface area contributed by atoms with Crippen LogP contribution in [-0.4, -0.2) is 41.8 Å². The number of hydrogen-bond acceptors (Lipinski definition) is 3. The van der Waals surface area contributed by atoms with Gasteiger partial charge < -0.3 is 10.6 Å². The summed E-state index contributed by atoms with van der Waals surface area (Å²) < 4.78 is 10.8. The summed E-state index contributed by atoms with van der Waals surface area (Å²) in [5.74, 6) is 0.814. The van der Waals surface area contributed by atoms with Crippen molar-refractivity contribution in [3.8, 4) is 0 Å². The maximum absolute atomic E-state index is 11.9. The molecule has 1 heterocycles. The molecule has 0 bridgehead atoms. The van der Waals surface area contributed by atoms with Gasteiger partial charge in [0.2, 0.25) is 5.91 Å². The zero-order valence-electron chi connectivity index (χ0n) is 10.2. The third-order valence-corrected chi connectivity index (χ3v) is 4.01. The summed E-state index contributed by atoms with van der Waals surface area (Å²) in [6, 6.07) is 0. The third-order valence-electron chi connectivity index (χ3n) is 3.15. The first-order chi connectivity index (χ1) is 7.54. The van der Waals surface area contributed by atoms with Crippen LogP contribution in [0.15, 0.2) is 0 Å². The molecule has 0 aromatic heterocycles. The van der Waals surface area contributed by atoms with Crippen LogP contribution in [0.5, 0.6) is 0 Å². The highest BCUT2D eigenvalue weighted by atomic mass is 32.2. The Morgan fingerprint density at radius 1 is 1.44 bits per heavy atom. The molecule has 1 aliphatic rings. The molecule has 4 nitrogen and oxygen atoms in total. The zero-order chi connectivity index (χ0) is 12.0. The summed E-state index contributed by atoms with van der Waals surface area (Å²) in [4.78, 5) is 11.9. The van der Waals surface area contributed by atoms with Crippen molar-refractivity contribution in [1.29, 1.82) is 0 Å². The molecular weight excluding hydrogens is 224 g/mol. The number of carbonyl (C=O) groups is 1. The lowest BCUT2D eigenvalue weighted by Crippen LogP contribution is -2.46. The average Bonchev–Trinajstić information content (AvgIpc) is 2.25. The van der Waals surface area contributed by atoms with Gasteiger partial charge in [0.15, 0.2) is 0 Å². The molecule has 16 heavy (non-hydrogen) atoms. The fourth-order valence-corrected chi connectivity index (χ4v) is 2.45. The fourth-order valence-electron chi connectivity index (χ4n) is 1.90. The molecule has 0 aromatic carbocycles. The van der Waals surface area contributed by atoms with Gasteiger partial charge in [-0.3, -0.25) is 9.00 Å². The quantitative estimate of drug-likeness (QED) is 0.684. The summed E-state index contributed by atoms with van der Waals surface area (Å²) in [6.07, 6.45) is 4.29. The lowest BCUT2D eigenvalue weighted by Gasteiger charge is -2.32. The molecule has 5 heteroatoms. The van der Waals surface area contributed by atoms with E-state index in [1.165, 1.54) is 0 Å². The summed E-state index contributed by atoms with van der Waals surface area (Å²) >= 11 is 0.